The van der Waals surface area contributed by atoms with E-state index in [1.807, 2.05) is 48.4 Å². The Morgan fingerprint density at radius 3 is 2.44 bits per heavy atom. The molecule has 2 aliphatic rings. The zero-order valence-corrected chi connectivity index (χ0v) is 19.2. The van der Waals surface area contributed by atoms with Crippen molar-refractivity contribution in [1.29, 1.82) is 0 Å². The van der Waals surface area contributed by atoms with Crippen LogP contribution in [-0.2, 0) is 7.05 Å². The quantitative estimate of drug-likeness (QED) is 0.386. The van der Waals surface area contributed by atoms with Crippen molar-refractivity contribution >= 4 is 5.57 Å². The molecule has 2 aliphatic heterocycles. The van der Waals surface area contributed by atoms with Crippen LogP contribution in [0.1, 0.15) is 30.0 Å². The van der Waals surface area contributed by atoms with Gasteiger partial charge in [0.25, 0.3) is 0 Å². The van der Waals surface area contributed by atoms with Crippen LogP contribution in [0.25, 0.3) is 28.0 Å². The summed E-state index contributed by atoms with van der Waals surface area (Å²) in [5, 5.41) is 4.93. The second-order valence-corrected chi connectivity index (χ2v) is 9.29. The van der Waals surface area contributed by atoms with Gasteiger partial charge < -0.3 is 0 Å². The maximum atomic E-state index is 13.6. The molecule has 0 bridgehead atoms. The van der Waals surface area contributed by atoms with Gasteiger partial charge in [0.15, 0.2) is 0 Å². The summed E-state index contributed by atoms with van der Waals surface area (Å²) in [5.74, 6) is 0.331. The molecule has 0 spiro atoms. The minimum absolute atomic E-state index is 0.241. The lowest BCUT2D eigenvalue weighted by atomic mass is 9.91. The molecule has 0 saturated carbocycles. The first-order valence-corrected chi connectivity index (χ1v) is 11.9. The zero-order chi connectivity index (χ0) is 23.1. The summed E-state index contributed by atoms with van der Waals surface area (Å²) in [6.07, 6.45) is 8.22. The minimum atomic E-state index is -0.241. The van der Waals surface area contributed by atoms with Crippen LogP contribution >= 0.6 is 0 Å². The van der Waals surface area contributed by atoms with Gasteiger partial charge in [0.2, 0.25) is 0 Å². The maximum absolute atomic E-state index is 13.6. The van der Waals surface area contributed by atoms with Crippen LogP contribution < -0.4 is 0 Å². The summed E-state index contributed by atoms with van der Waals surface area (Å²) < 4.78 is 15.6. The summed E-state index contributed by atoms with van der Waals surface area (Å²) in [7, 11) is 2.02. The van der Waals surface area contributed by atoms with Gasteiger partial charge in [0.1, 0.15) is 11.5 Å². The van der Waals surface area contributed by atoms with Crippen LogP contribution in [-0.4, -0.2) is 38.8 Å². The number of hydrogen-bond donors (Lipinski definition) is 0. The number of aryl methyl sites for hydroxylation is 1. The second kappa shape index (κ2) is 8.65. The van der Waals surface area contributed by atoms with Crippen molar-refractivity contribution in [2.24, 2.45) is 7.05 Å². The summed E-state index contributed by atoms with van der Waals surface area (Å²) >= 11 is 0. The lowest BCUT2D eigenvalue weighted by Gasteiger charge is -2.28. The number of hydrogen-bond acceptors (Lipinski definition) is 3. The maximum Gasteiger partial charge on any atom is 0.123 e. The van der Waals surface area contributed by atoms with Gasteiger partial charge in [-0.25, -0.2) is 4.39 Å². The number of aromatic nitrogens is 3. The molecular weight excluding hydrogens is 423 g/mol. The number of fused-ring (bicyclic) bond motifs is 1. The summed E-state index contributed by atoms with van der Waals surface area (Å²) in [4.78, 5) is 6.83. The first kappa shape index (κ1) is 21.0. The van der Waals surface area contributed by atoms with Crippen molar-refractivity contribution in [2.75, 3.05) is 13.1 Å². The van der Waals surface area contributed by atoms with E-state index in [2.05, 4.69) is 46.3 Å². The summed E-state index contributed by atoms with van der Waals surface area (Å²) in [5.41, 5.74) is 7.88. The minimum Gasteiger partial charge on any atom is -0.296 e. The first-order valence-electron chi connectivity index (χ1n) is 11.9. The number of halogens is 1. The lowest BCUT2D eigenvalue weighted by Crippen LogP contribution is -2.32. The third-order valence-electron chi connectivity index (χ3n) is 7.22. The molecule has 34 heavy (non-hydrogen) atoms. The van der Waals surface area contributed by atoms with Crippen LogP contribution in [0.2, 0.25) is 0 Å². The molecule has 2 aromatic heterocycles. The molecule has 2 aromatic carbocycles. The van der Waals surface area contributed by atoms with Crippen molar-refractivity contribution in [1.82, 2.24) is 19.7 Å². The highest BCUT2D eigenvalue weighted by molar-refractivity contribution is 5.90. The highest BCUT2D eigenvalue weighted by Crippen LogP contribution is 2.42. The molecule has 0 radical (unpaired) electrons. The highest BCUT2D eigenvalue weighted by Gasteiger charge is 2.35. The molecule has 170 valence electrons. The predicted octanol–water partition coefficient (Wildman–Crippen LogP) is 5.93. The SMILES string of the molecule is Cn1nc(-c2ccc(F)cc2)c(-c2ccncc2)c1C1=CC2CC(c3ccccc3)CN2CC1. The summed E-state index contributed by atoms with van der Waals surface area (Å²) in [6, 6.07) is 22.0. The molecule has 0 N–H and O–H groups in total. The third kappa shape index (κ3) is 3.76. The van der Waals surface area contributed by atoms with Crippen molar-refractivity contribution in [3.63, 3.8) is 0 Å². The van der Waals surface area contributed by atoms with Crippen LogP contribution in [0.15, 0.2) is 85.2 Å². The Kier molecular flexibility index (Phi) is 5.34. The average Bonchev–Trinajstić information content (AvgIpc) is 3.46. The monoisotopic (exact) mass is 450 g/mol. The Morgan fingerprint density at radius 1 is 0.912 bits per heavy atom. The fraction of sp³-hybridized carbons (Fsp3) is 0.241. The average molecular weight is 451 g/mol. The molecule has 2 unspecified atom stereocenters. The van der Waals surface area contributed by atoms with Crippen molar-refractivity contribution in [3.05, 3.63) is 102 Å². The Balaban J connectivity index is 1.42. The van der Waals surface area contributed by atoms with E-state index in [4.69, 9.17) is 5.10 Å². The van der Waals surface area contributed by atoms with Gasteiger partial charge in [-0.1, -0.05) is 36.4 Å². The molecule has 5 heteroatoms. The fourth-order valence-corrected chi connectivity index (χ4v) is 5.60. The van der Waals surface area contributed by atoms with Gasteiger partial charge in [0.05, 0.1) is 5.69 Å². The van der Waals surface area contributed by atoms with Crippen LogP contribution in [0.3, 0.4) is 0 Å². The number of nitrogens with zero attached hydrogens (tertiary/aromatic N) is 4. The fourth-order valence-electron chi connectivity index (χ4n) is 5.60. The molecule has 0 amide bonds. The molecule has 1 saturated heterocycles. The Bertz CT molecular complexity index is 1330. The van der Waals surface area contributed by atoms with Gasteiger partial charge in [-0.15, -0.1) is 0 Å². The Labute approximate surface area is 199 Å². The Hall–Kier alpha value is -3.57. The molecule has 1 fully saturated rings. The number of benzene rings is 2. The zero-order valence-electron chi connectivity index (χ0n) is 19.2. The molecule has 2 atom stereocenters. The molecule has 4 heterocycles. The smallest absolute Gasteiger partial charge is 0.123 e. The van der Waals surface area contributed by atoms with Crippen LogP contribution in [0.5, 0.6) is 0 Å². The molecule has 0 aliphatic carbocycles. The van der Waals surface area contributed by atoms with E-state index in [-0.39, 0.29) is 5.82 Å². The second-order valence-electron chi connectivity index (χ2n) is 9.29. The predicted molar refractivity (Wildman–Crippen MR) is 134 cm³/mol. The van der Waals surface area contributed by atoms with E-state index in [9.17, 15) is 4.39 Å². The highest BCUT2D eigenvalue weighted by atomic mass is 19.1. The molecule has 6 rings (SSSR count). The van der Waals surface area contributed by atoms with E-state index in [1.165, 1.54) is 23.3 Å². The van der Waals surface area contributed by atoms with Gasteiger partial charge in [0, 0.05) is 49.7 Å². The lowest BCUT2D eigenvalue weighted by molar-refractivity contribution is 0.285. The van der Waals surface area contributed by atoms with Crippen molar-refractivity contribution in [3.8, 4) is 22.4 Å². The largest absolute Gasteiger partial charge is 0.296 e. The van der Waals surface area contributed by atoms with Gasteiger partial charge in [-0.3, -0.25) is 14.6 Å². The summed E-state index contributed by atoms with van der Waals surface area (Å²) in [6.45, 7) is 2.16. The van der Waals surface area contributed by atoms with E-state index in [0.29, 0.717) is 12.0 Å². The van der Waals surface area contributed by atoms with Gasteiger partial charge in [-0.2, -0.15) is 5.10 Å². The third-order valence-corrected chi connectivity index (χ3v) is 7.22. The van der Waals surface area contributed by atoms with Gasteiger partial charge >= 0.3 is 0 Å². The number of pyridine rings is 1. The standard InChI is InChI=1S/C29H27FN4/c1-33-29(23-13-16-34-19-24(18-26(34)17-23)20-5-3-2-4-6-20)27(21-11-14-31-15-12-21)28(32-33)22-7-9-25(30)10-8-22/h2-12,14-15,17,24,26H,13,16,18-19H2,1H3. The Morgan fingerprint density at radius 2 is 1.68 bits per heavy atom. The molecule has 4 nitrogen and oxygen atoms in total. The molecular formula is C29H27FN4. The van der Waals surface area contributed by atoms with Crippen molar-refractivity contribution < 1.29 is 4.39 Å². The van der Waals surface area contributed by atoms with Crippen LogP contribution in [0.4, 0.5) is 4.39 Å². The van der Waals surface area contributed by atoms with E-state index in [1.54, 1.807) is 0 Å². The molecule has 4 aromatic rings. The normalized spacial score (nSPS) is 20.2. The van der Waals surface area contributed by atoms with E-state index < -0.39 is 0 Å². The van der Waals surface area contributed by atoms with Gasteiger partial charge in [-0.05, 0) is 71.9 Å². The number of rotatable bonds is 4. The van der Waals surface area contributed by atoms with E-state index in [0.717, 1.165) is 54.0 Å². The van der Waals surface area contributed by atoms with Crippen LogP contribution in [0, 0.1) is 5.82 Å². The van der Waals surface area contributed by atoms with Crippen molar-refractivity contribution in [2.45, 2.75) is 24.8 Å². The first-order chi connectivity index (χ1) is 16.7. The van der Waals surface area contributed by atoms with E-state index >= 15 is 0 Å². The topological polar surface area (TPSA) is 34.0 Å².